The predicted octanol–water partition coefficient (Wildman–Crippen LogP) is 2.30. The number of carbonyl (C=O) groups is 2. The minimum Gasteiger partial charge on any atom is -0.465 e. The lowest BCUT2D eigenvalue weighted by Crippen LogP contribution is -2.11. The van der Waals surface area contributed by atoms with Gasteiger partial charge in [-0.15, -0.1) is 0 Å². The monoisotopic (exact) mass is 328 g/mol. The highest BCUT2D eigenvalue weighted by molar-refractivity contribution is 6.08. The lowest BCUT2D eigenvalue weighted by molar-refractivity contribution is -0.384. The third-order valence-electron chi connectivity index (χ3n) is 3.77. The number of non-ortho nitro benzene ring substituents is 1. The van der Waals surface area contributed by atoms with Crippen molar-refractivity contribution < 1.29 is 24.0 Å². The Morgan fingerprint density at radius 3 is 2.79 bits per heavy atom. The molecule has 8 heteroatoms. The molecule has 0 radical (unpaired) electrons. The number of nitrogens with two attached hydrogens (primary N) is 1. The van der Waals surface area contributed by atoms with E-state index in [0.717, 1.165) is 0 Å². The second-order valence-corrected chi connectivity index (χ2v) is 5.12. The highest BCUT2D eigenvalue weighted by atomic mass is 16.6. The van der Waals surface area contributed by atoms with E-state index in [1.807, 2.05) is 0 Å². The molecule has 1 heterocycles. The summed E-state index contributed by atoms with van der Waals surface area (Å²) in [5.74, 6) is -1.29. The fraction of sp³-hybridized carbons (Fsp3) is 0.125. The summed E-state index contributed by atoms with van der Waals surface area (Å²) in [6.07, 6.45) is 0. The van der Waals surface area contributed by atoms with Gasteiger partial charge in [0, 0.05) is 23.4 Å². The number of rotatable bonds is 3. The highest BCUT2D eigenvalue weighted by Crippen LogP contribution is 2.38. The standard InChI is InChI=1S/C16H12N2O6/c1-23-15(19)14-11-7-24-16(20)13(11)10(6-12(14)17)8-3-2-4-9(5-8)18(21)22/h2-6H,7,17H2,1H3. The third kappa shape index (κ3) is 2.34. The number of fused-ring (bicyclic) bond motifs is 1. The van der Waals surface area contributed by atoms with E-state index in [4.69, 9.17) is 15.2 Å². The number of benzene rings is 2. The van der Waals surface area contributed by atoms with Crippen LogP contribution in [0, 0.1) is 10.1 Å². The van der Waals surface area contributed by atoms with E-state index in [0.29, 0.717) is 16.7 Å². The van der Waals surface area contributed by atoms with Gasteiger partial charge in [0.2, 0.25) is 0 Å². The Bertz CT molecular complexity index is 890. The Hall–Kier alpha value is -3.42. The molecule has 0 aliphatic carbocycles. The van der Waals surface area contributed by atoms with Crippen LogP contribution in [0.15, 0.2) is 30.3 Å². The molecule has 0 saturated heterocycles. The molecule has 3 rings (SSSR count). The van der Waals surface area contributed by atoms with E-state index in [9.17, 15) is 19.7 Å². The van der Waals surface area contributed by atoms with Gasteiger partial charge in [0.05, 0.1) is 23.2 Å². The molecular formula is C16H12N2O6. The average Bonchev–Trinajstić information content (AvgIpc) is 2.95. The number of esters is 2. The lowest BCUT2D eigenvalue weighted by atomic mass is 9.91. The van der Waals surface area contributed by atoms with E-state index in [1.165, 1.54) is 31.4 Å². The molecule has 0 bridgehead atoms. The first-order valence-electron chi connectivity index (χ1n) is 6.89. The summed E-state index contributed by atoms with van der Waals surface area (Å²) >= 11 is 0. The molecule has 8 nitrogen and oxygen atoms in total. The summed E-state index contributed by atoms with van der Waals surface area (Å²) < 4.78 is 9.72. The first-order valence-corrected chi connectivity index (χ1v) is 6.89. The number of hydrogen-bond acceptors (Lipinski definition) is 7. The van der Waals surface area contributed by atoms with Crippen molar-refractivity contribution in [3.8, 4) is 11.1 Å². The van der Waals surface area contributed by atoms with Crippen molar-refractivity contribution in [2.24, 2.45) is 0 Å². The highest BCUT2D eigenvalue weighted by Gasteiger charge is 2.32. The maximum Gasteiger partial charge on any atom is 0.340 e. The molecule has 2 aromatic rings. The van der Waals surface area contributed by atoms with Gasteiger partial charge in [0.1, 0.15) is 6.61 Å². The van der Waals surface area contributed by atoms with E-state index in [1.54, 1.807) is 6.07 Å². The normalized spacial score (nSPS) is 12.5. The van der Waals surface area contributed by atoms with Crippen molar-refractivity contribution in [3.63, 3.8) is 0 Å². The van der Waals surface area contributed by atoms with Gasteiger partial charge in [-0.25, -0.2) is 9.59 Å². The number of cyclic esters (lactones) is 1. The number of nitrogens with zero attached hydrogens (tertiary/aromatic N) is 1. The second-order valence-electron chi connectivity index (χ2n) is 5.12. The van der Waals surface area contributed by atoms with Crippen LogP contribution in [0.1, 0.15) is 26.3 Å². The molecule has 0 saturated carbocycles. The molecule has 2 N–H and O–H groups in total. The number of nitro groups is 1. The summed E-state index contributed by atoms with van der Waals surface area (Å²) in [5, 5.41) is 11.0. The zero-order valence-electron chi connectivity index (χ0n) is 12.6. The first-order chi connectivity index (χ1) is 11.4. The fourth-order valence-electron chi connectivity index (χ4n) is 2.71. The molecule has 0 amide bonds. The number of carbonyl (C=O) groups excluding carboxylic acids is 2. The van der Waals surface area contributed by atoms with Crippen molar-refractivity contribution in [2.45, 2.75) is 6.61 Å². The predicted molar refractivity (Wildman–Crippen MR) is 83.4 cm³/mol. The molecule has 0 fully saturated rings. The van der Waals surface area contributed by atoms with Gasteiger partial charge in [-0.2, -0.15) is 0 Å². The molecule has 122 valence electrons. The van der Waals surface area contributed by atoms with Crippen LogP contribution < -0.4 is 5.73 Å². The van der Waals surface area contributed by atoms with Gasteiger partial charge in [0.25, 0.3) is 5.69 Å². The number of methoxy groups -OCH3 is 1. The largest absolute Gasteiger partial charge is 0.465 e. The molecule has 24 heavy (non-hydrogen) atoms. The number of ether oxygens (including phenoxy) is 2. The van der Waals surface area contributed by atoms with E-state index >= 15 is 0 Å². The first kappa shape index (κ1) is 15.5. The summed E-state index contributed by atoms with van der Waals surface area (Å²) in [5.41, 5.74) is 7.32. The van der Waals surface area contributed by atoms with Gasteiger partial charge < -0.3 is 15.2 Å². The zero-order chi connectivity index (χ0) is 17.4. The summed E-state index contributed by atoms with van der Waals surface area (Å²) in [4.78, 5) is 34.5. The maximum absolute atomic E-state index is 12.1. The van der Waals surface area contributed by atoms with Gasteiger partial charge in [-0.1, -0.05) is 12.1 Å². The molecule has 1 aliphatic rings. The zero-order valence-corrected chi connectivity index (χ0v) is 12.6. The van der Waals surface area contributed by atoms with Gasteiger partial charge in [-0.3, -0.25) is 10.1 Å². The molecule has 0 aromatic heterocycles. The second kappa shape index (κ2) is 5.65. The quantitative estimate of drug-likeness (QED) is 0.397. The van der Waals surface area contributed by atoms with Gasteiger partial charge >= 0.3 is 11.9 Å². The van der Waals surface area contributed by atoms with E-state index in [2.05, 4.69) is 0 Å². The molecule has 0 atom stereocenters. The van der Waals surface area contributed by atoms with Crippen LogP contribution >= 0.6 is 0 Å². The lowest BCUT2D eigenvalue weighted by Gasteiger charge is -2.12. The van der Waals surface area contributed by atoms with Crippen molar-refractivity contribution in [1.82, 2.24) is 0 Å². The molecule has 0 spiro atoms. The average molecular weight is 328 g/mol. The van der Waals surface area contributed by atoms with Crippen LogP contribution in [0.25, 0.3) is 11.1 Å². The Morgan fingerprint density at radius 1 is 1.38 bits per heavy atom. The van der Waals surface area contributed by atoms with Gasteiger partial charge in [-0.05, 0) is 17.2 Å². The number of hydrogen-bond donors (Lipinski definition) is 1. The van der Waals surface area contributed by atoms with Crippen molar-refractivity contribution in [2.75, 3.05) is 12.8 Å². The van der Waals surface area contributed by atoms with Crippen LogP contribution in [0.2, 0.25) is 0 Å². The number of nitro benzene ring substituents is 1. The number of anilines is 1. The minimum atomic E-state index is -0.673. The van der Waals surface area contributed by atoms with Crippen molar-refractivity contribution in [1.29, 1.82) is 0 Å². The van der Waals surface area contributed by atoms with Crippen LogP contribution in [0.5, 0.6) is 0 Å². The molecular weight excluding hydrogens is 316 g/mol. The molecule has 2 aromatic carbocycles. The van der Waals surface area contributed by atoms with Crippen LogP contribution in [-0.4, -0.2) is 24.0 Å². The van der Waals surface area contributed by atoms with Crippen molar-refractivity contribution in [3.05, 3.63) is 57.1 Å². The van der Waals surface area contributed by atoms with Gasteiger partial charge in [0.15, 0.2) is 0 Å². The molecule has 0 unspecified atom stereocenters. The summed E-state index contributed by atoms with van der Waals surface area (Å²) in [7, 11) is 1.21. The van der Waals surface area contributed by atoms with Crippen LogP contribution in [0.4, 0.5) is 11.4 Å². The topological polar surface area (TPSA) is 122 Å². The Morgan fingerprint density at radius 2 is 2.12 bits per heavy atom. The SMILES string of the molecule is COC(=O)c1c(N)cc(-c2cccc([N+](=O)[O-])c2)c2c1COC2=O. The van der Waals surface area contributed by atoms with Crippen LogP contribution in [0.3, 0.4) is 0 Å². The van der Waals surface area contributed by atoms with E-state index < -0.39 is 16.9 Å². The van der Waals surface area contributed by atoms with E-state index in [-0.39, 0.29) is 29.1 Å². The maximum atomic E-state index is 12.1. The third-order valence-corrected chi connectivity index (χ3v) is 3.77. The van der Waals surface area contributed by atoms with Crippen LogP contribution in [-0.2, 0) is 16.1 Å². The molecule has 1 aliphatic heterocycles. The smallest absolute Gasteiger partial charge is 0.340 e. The Balaban J connectivity index is 2.28. The fourth-order valence-corrected chi connectivity index (χ4v) is 2.71. The Kier molecular flexibility index (Phi) is 3.64. The number of nitrogen functional groups attached to an aromatic ring is 1. The summed E-state index contributed by atoms with van der Waals surface area (Å²) in [6.45, 7) is -0.106. The Labute approximate surface area is 135 Å². The van der Waals surface area contributed by atoms with Crippen molar-refractivity contribution >= 4 is 23.3 Å². The summed E-state index contributed by atoms with van der Waals surface area (Å²) in [6, 6.07) is 7.22. The minimum absolute atomic E-state index is 0.0764.